The van der Waals surface area contributed by atoms with Crippen molar-refractivity contribution in [1.29, 1.82) is 0 Å². The fourth-order valence-electron chi connectivity index (χ4n) is 5.13. The first-order valence-corrected chi connectivity index (χ1v) is 11.8. The molecule has 25 heavy (non-hydrogen) atoms. The van der Waals surface area contributed by atoms with Crippen LogP contribution in [0.4, 0.5) is 0 Å². The zero-order valence-corrected chi connectivity index (χ0v) is 16.1. The van der Waals surface area contributed by atoms with Crippen molar-refractivity contribution in [2.24, 2.45) is 0 Å². The number of rotatable bonds is 3. The van der Waals surface area contributed by atoms with Crippen LogP contribution in [-0.4, -0.2) is 24.7 Å². The van der Waals surface area contributed by atoms with E-state index in [0.717, 1.165) is 19.3 Å². The largest absolute Gasteiger partial charge is 0.371 e. The van der Waals surface area contributed by atoms with Crippen LogP contribution >= 0.6 is 0 Å². The molecule has 2 aliphatic heterocycles. The van der Waals surface area contributed by atoms with E-state index in [1.165, 1.54) is 10.4 Å². The lowest BCUT2D eigenvalue weighted by molar-refractivity contribution is -0.182. The standard InChI is InChI=1S/C22H26O2Si/c1-21-14-9-15-22(24-21,17-18(23)16-21)25(2,19-10-5-3-6-11-19)20-12-7-4-8-13-20/h3-8,10-13H,9,14-17H2,1-2H3/t21-,22-/m1/s1. The molecule has 2 saturated heterocycles. The molecule has 0 amide bonds. The van der Waals surface area contributed by atoms with E-state index in [1.54, 1.807) is 0 Å². The molecule has 0 N–H and O–H groups in total. The summed E-state index contributed by atoms with van der Waals surface area (Å²) in [5.41, 5.74) is -0.286. The molecule has 0 spiro atoms. The van der Waals surface area contributed by atoms with Crippen LogP contribution in [0, 0.1) is 0 Å². The van der Waals surface area contributed by atoms with Gasteiger partial charge in [0, 0.05) is 12.8 Å². The molecule has 4 rings (SSSR count). The number of hydrogen-bond acceptors (Lipinski definition) is 2. The first kappa shape index (κ1) is 16.7. The van der Waals surface area contributed by atoms with E-state index in [-0.39, 0.29) is 10.8 Å². The van der Waals surface area contributed by atoms with Crippen molar-refractivity contribution >= 4 is 24.2 Å². The highest BCUT2D eigenvalue weighted by Gasteiger charge is 2.60. The normalized spacial score (nSPS) is 29.4. The van der Waals surface area contributed by atoms with Crippen molar-refractivity contribution in [2.75, 3.05) is 0 Å². The lowest BCUT2D eigenvalue weighted by Gasteiger charge is -2.57. The van der Waals surface area contributed by atoms with E-state index in [4.69, 9.17) is 4.74 Å². The van der Waals surface area contributed by atoms with Crippen molar-refractivity contribution in [3.05, 3.63) is 60.7 Å². The Morgan fingerprint density at radius 2 is 1.44 bits per heavy atom. The molecule has 2 atom stereocenters. The number of carbonyl (C=O) groups is 1. The van der Waals surface area contributed by atoms with Gasteiger partial charge in [0.05, 0.1) is 10.8 Å². The molecule has 0 aliphatic carbocycles. The van der Waals surface area contributed by atoms with Gasteiger partial charge in [-0.2, -0.15) is 0 Å². The molecule has 2 bridgehead atoms. The number of ether oxygens (including phenoxy) is 1. The highest BCUT2D eigenvalue weighted by molar-refractivity contribution is 7.03. The van der Waals surface area contributed by atoms with E-state index in [2.05, 4.69) is 74.1 Å². The second kappa shape index (κ2) is 5.92. The molecule has 2 aromatic carbocycles. The number of ketones is 1. The number of carbonyl (C=O) groups excluding carboxylic acids is 1. The van der Waals surface area contributed by atoms with Crippen LogP contribution in [0.25, 0.3) is 0 Å². The average Bonchev–Trinajstić information content (AvgIpc) is 2.61. The first-order valence-electron chi connectivity index (χ1n) is 9.31. The molecular weight excluding hydrogens is 324 g/mol. The molecule has 2 fully saturated rings. The average molecular weight is 351 g/mol. The van der Waals surface area contributed by atoms with Crippen LogP contribution < -0.4 is 10.4 Å². The Morgan fingerprint density at radius 3 is 2.00 bits per heavy atom. The van der Waals surface area contributed by atoms with Gasteiger partial charge in [0.1, 0.15) is 13.9 Å². The minimum Gasteiger partial charge on any atom is -0.371 e. The summed E-state index contributed by atoms with van der Waals surface area (Å²) in [6.45, 7) is 4.55. The maximum absolute atomic E-state index is 12.7. The molecule has 2 aliphatic rings. The maximum atomic E-state index is 12.7. The van der Waals surface area contributed by atoms with Crippen LogP contribution in [0.5, 0.6) is 0 Å². The minimum absolute atomic E-state index is 0.286. The number of fused-ring (bicyclic) bond motifs is 2. The van der Waals surface area contributed by atoms with Crippen LogP contribution in [0.2, 0.25) is 6.55 Å². The molecule has 130 valence electrons. The number of benzene rings is 2. The molecular formula is C22H26O2Si. The summed E-state index contributed by atoms with van der Waals surface area (Å²) in [6.07, 6.45) is 4.26. The maximum Gasteiger partial charge on any atom is 0.150 e. The molecule has 0 saturated carbocycles. The van der Waals surface area contributed by atoms with Gasteiger partial charge in [-0.15, -0.1) is 0 Å². The van der Waals surface area contributed by atoms with Crippen molar-refractivity contribution in [3.8, 4) is 0 Å². The highest BCUT2D eigenvalue weighted by atomic mass is 28.3. The van der Waals surface area contributed by atoms with Gasteiger partial charge >= 0.3 is 0 Å². The first-order chi connectivity index (χ1) is 12.0. The van der Waals surface area contributed by atoms with E-state index in [1.807, 2.05) is 0 Å². The van der Waals surface area contributed by atoms with Crippen LogP contribution in [0.1, 0.15) is 39.0 Å². The zero-order chi connectivity index (χ0) is 17.5. The van der Waals surface area contributed by atoms with Gasteiger partial charge in [-0.1, -0.05) is 77.6 Å². The Kier molecular flexibility index (Phi) is 3.97. The number of hydrogen-bond donors (Lipinski definition) is 0. The Balaban J connectivity index is 1.93. The van der Waals surface area contributed by atoms with Gasteiger partial charge < -0.3 is 4.74 Å². The Bertz CT molecular complexity index is 734. The predicted octanol–water partition coefficient (Wildman–Crippen LogP) is 3.48. The van der Waals surface area contributed by atoms with Crippen molar-refractivity contribution in [2.45, 2.75) is 56.4 Å². The van der Waals surface area contributed by atoms with E-state index in [0.29, 0.717) is 18.6 Å². The summed E-state index contributed by atoms with van der Waals surface area (Å²) in [6, 6.07) is 21.6. The lowest BCUT2D eigenvalue weighted by Crippen LogP contribution is -2.76. The van der Waals surface area contributed by atoms with Crippen molar-refractivity contribution < 1.29 is 9.53 Å². The second-order valence-corrected chi connectivity index (χ2v) is 12.5. The summed E-state index contributed by atoms with van der Waals surface area (Å²) in [5, 5.41) is 2.39. The van der Waals surface area contributed by atoms with Crippen LogP contribution in [0.15, 0.2) is 60.7 Å². The minimum atomic E-state index is -2.27. The van der Waals surface area contributed by atoms with Crippen molar-refractivity contribution in [1.82, 2.24) is 0 Å². The molecule has 0 radical (unpaired) electrons. The second-order valence-electron chi connectivity index (χ2n) is 8.15. The van der Waals surface area contributed by atoms with E-state index in [9.17, 15) is 4.79 Å². The summed E-state index contributed by atoms with van der Waals surface area (Å²) in [4.78, 5) is 12.7. The van der Waals surface area contributed by atoms with Crippen molar-refractivity contribution in [3.63, 3.8) is 0 Å². The molecule has 3 heteroatoms. The smallest absolute Gasteiger partial charge is 0.150 e. The van der Waals surface area contributed by atoms with E-state index >= 15 is 0 Å². The fraction of sp³-hybridized carbons (Fsp3) is 0.409. The number of Topliss-reactive ketones (excluding diaryl/α,β-unsaturated/α-hetero) is 1. The van der Waals surface area contributed by atoms with Gasteiger partial charge in [0.2, 0.25) is 0 Å². The van der Waals surface area contributed by atoms with Gasteiger partial charge in [0.15, 0.2) is 0 Å². The van der Waals surface area contributed by atoms with Gasteiger partial charge in [0.25, 0.3) is 0 Å². The molecule has 0 aromatic heterocycles. The van der Waals surface area contributed by atoms with Gasteiger partial charge in [-0.25, -0.2) is 0 Å². The highest BCUT2D eigenvalue weighted by Crippen LogP contribution is 2.48. The SMILES string of the molecule is C[C@@]12CCC[C@@]([Si](C)(c3ccccc3)c3ccccc3)(CC(=O)C1)O2. The Labute approximate surface area is 151 Å². The van der Waals surface area contributed by atoms with Gasteiger partial charge in [-0.3, -0.25) is 4.79 Å². The third kappa shape index (κ3) is 2.61. The Hall–Kier alpha value is -1.71. The van der Waals surface area contributed by atoms with Crippen LogP contribution in [-0.2, 0) is 9.53 Å². The zero-order valence-electron chi connectivity index (χ0n) is 15.1. The summed E-state index contributed by atoms with van der Waals surface area (Å²) >= 11 is 0. The topological polar surface area (TPSA) is 26.3 Å². The summed E-state index contributed by atoms with van der Waals surface area (Å²) in [7, 11) is -2.27. The fourth-order valence-corrected chi connectivity index (χ4v) is 9.92. The molecule has 0 unspecified atom stereocenters. The molecule has 2 heterocycles. The van der Waals surface area contributed by atoms with Gasteiger partial charge in [-0.05, 0) is 26.2 Å². The molecule has 2 nitrogen and oxygen atoms in total. The van der Waals surface area contributed by atoms with E-state index < -0.39 is 8.07 Å². The molecule has 2 aromatic rings. The third-order valence-electron chi connectivity index (χ3n) is 6.40. The third-order valence-corrected chi connectivity index (χ3v) is 11.7. The predicted molar refractivity (Wildman–Crippen MR) is 104 cm³/mol. The summed E-state index contributed by atoms with van der Waals surface area (Å²) in [5.74, 6) is 0.374. The lowest BCUT2D eigenvalue weighted by atomic mass is 9.82. The van der Waals surface area contributed by atoms with Crippen LogP contribution in [0.3, 0.4) is 0 Å². The Morgan fingerprint density at radius 1 is 0.880 bits per heavy atom. The quantitative estimate of drug-likeness (QED) is 0.792. The monoisotopic (exact) mass is 350 g/mol. The summed E-state index contributed by atoms with van der Waals surface area (Å²) < 4.78 is 6.88.